The normalized spacial score (nSPS) is 14.3. The van der Waals surface area contributed by atoms with E-state index in [0.29, 0.717) is 31.2 Å². The van der Waals surface area contributed by atoms with Gasteiger partial charge in [-0.3, -0.25) is 9.69 Å². The summed E-state index contributed by atoms with van der Waals surface area (Å²) >= 11 is 1.43. The van der Waals surface area contributed by atoms with Crippen molar-refractivity contribution in [3.8, 4) is 0 Å². The molecule has 1 aliphatic rings. The van der Waals surface area contributed by atoms with Crippen LogP contribution in [0.25, 0.3) is 0 Å². The first-order chi connectivity index (χ1) is 17.8. The Morgan fingerprint density at radius 1 is 0.973 bits per heavy atom. The number of carbonyl (C=O) groups excluding carboxylic acids is 2. The largest absolute Gasteiger partial charge is 0.335 e. The lowest BCUT2D eigenvalue weighted by atomic mass is 10.0. The van der Waals surface area contributed by atoms with Crippen molar-refractivity contribution in [2.75, 3.05) is 31.5 Å². The van der Waals surface area contributed by atoms with Crippen LogP contribution in [-0.2, 0) is 13.1 Å². The molecular formula is C29H37N5O2S. The topological polar surface area (TPSA) is 68.8 Å². The summed E-state index contributed by atoms with van der Waals surface area (Å²) in [6.45, 7) is 12.6. The maximum atomic E-state index is 13.1. The molecule has 0 aliphatic carbocycles. The molecule has 3 aromatic rings. The van der Waals surface area contributed by atoms with Crippen LogP contribution in [0.15, 0.2) is 60.0 Å². The number of urea groups is 1. The molecule has 1 aliphatic heterocycles. The zero-order valence-electron chi connectivity index (χ0n) is 22.2. The monoisotopic (exact) mass is 519 g/mol. The van der Waals surface area contributed by atoms with Crippen LogP contribution in [0, 0.1) is 0 Å². The minimum atomic E-state index is -0.176. The number of nitrogens with zero attached hydrogens (tertiary/aromatic N) is 4. The number of hydrogen-bond acceptors (Lipinski definition) is 5. The molecular weight excluding hydrogens is 482 g/mol. The van der Waals surface area contributed by atoms with Crippen molar-refractivity contribution in [1.82, 2.24) is 19.7 Å². The number of benzene rings is 2. The number of nitrogens with one attached hydrogen (secondary N) is 1. The first-order valence-corrected chi connectivity index (χ1v) is 13.9. The van der Waals surface area contributed by atoms with E-state index < -0.39 is 0 Å². The van der Waals surface area contributed by atoms with Gasteiger partial charge in [0.1, 0.15) is 10.7 Å². The quantitative estimate of drug-likeness (QED) is 0.417. The first kappa shape index (κ1) is 26.8. The molecule has 0 radical (unpaired) electrons. The molecule has 1 aromatic heterocycles. The fourth-order valence-electron chi connectivity index (χ4n) is 4.38. The third-order valence-corrected chi connectivity index (χ3v) is 7.53. The van der Waals surface area contributed by atoms with Crippen LogP contribution < -0.4 is 5.32 Å². The fourth-order valence-corrected chi connectivity index (χ4v) is 5.14. The summed E-state index contributed by atoms with van der Waals surface area (Å²) in [5.74, 6) is 0.407. The lowest BCUT2D eigenvalue weighted by Gasteiger charge is -2.34. The second kappa shape index (κ2) is 12.3. The van der Waals surface area contributed by atoms with E-state index in [9.17, 15) is 9.59 Å². The molecule has 37 heavy (non-hydrogen) atoms. The van der Waals surface area contributed by atoms with Gasteiger partial charge in [-0.05, 0) is 43.0 Å². The molecule has 2 heterocycles. The van der Waals surface area contributed by atoms with Gasteiger partial charge in [-0.15, -0.1) is 11.3 Å². The zero-order valence-corrected chi connectivity index (χ0v) is 23.0. The van der Waals surface area contributed by atoms with Crippen LogP contribution in [-0.4, -0.2) is 63.8 Å². The Bertz CT molecular complexity index is 1170. The van der Waals surface area contributed by atoms with E-state index in [0.717, 1.165) is 30.3 Å². The van der Waals surface area contributed by atoms with Gasteiger partial charge in [0.2, 0.25) is 0 Å². The standard InChI is InChI=1S/C29H37N5O2S/c1-21(2)24-10-12-25(13-11-24)30-29(36)34(22(3)4)19-27-31-26(20-37-27)28(35)33-16-14-32(15-17-33)18-23-8-6-5-7-9-23/h5-13,20-22H,14-19H2,1-4H3,(H,30,36). The number of amides is 3. The van der Waals surface area contributed by atoms with Crippen molar-refractivity contribution < 1.29 is 9.59 Å². The number of aromatic nitrogens is 1. The molecule has 0 bridgehead atoms. The van der Waals surface area contributed by atoms with Gasteiger partial charge < -0.3 is 15.1 Å². The Morgan fingerprint density at radius 2 is 1.65 bits per heavy atom. The predicted octanol–water partition coefficient (Wildman–Crippen LogP) is 5.67. The smallest absolute Gasteiger partial charge is 0.322 e. The second-order valence-corrected chi connectivity index (χ2v) is 11.1. The molecule has 2 aromatic carbocycles. The number of thiazole rings is 1. The van der Waals surface area contributed by atoms with Gasteiger partial charge in [-0.25, -0.2) is 9.78 Å². The maximum absolute atomic E-state index is 13.1. The van der Waals surface area contributed by atoms with Crippen molar-refractivity contribution >= 4 is 29.0 Å². The van der Waals surface area contributed by atoms with Gasteiger partial charge in [-0.2, -0.15) is 0 Å². The molecule has 0 spiro atoms. The maximum Gasteiger partial charge on any atom is 0.322 e. The highest BCUT2D eigenvalue weighted by Crippen LogP contribution is 2.20. The summed E-state index contributed by atoms with van der Waals surface area (Å²) in [6, 6.07) is 18.2. The van der Waals surface area contributed by atoms with Crippen molar-refractivity contribution in [3.63, 3.8) is 0 Å². The average molecular weight is 520 g/mol. The van der Waals surface area contributed by atoms with Gasteiger partial charge in [-0.1, -0.05) is 56.3 Å². The van der Waals surface area contributed by atoms with E-state index in [2.05, 4.69) is 53.3 Å². The summed E-state index contributed by atoms with van der Waals surface area (Å²) in [4.78, 5) is 36.8. The van der Waals surface area contributed by atoms with Gasteiger partial charge in [0.05, 0.1) is 6.54 Å². The molecule has 7 nitrogen and oxygen atoms in total. The number of piperazine rings is 1. The molecule has 1 N–H and O–H groups in total. The van der Waals surface area contributed by atoms with E-state index in [4.69, 9.17) is 0 Å². The lowest BCUT2D eigenvalue weighted by Crippen LogP contribution is -2.48. The van der Waals surface area contributed by atoms with Crippen LogP contribution in [0.4, 0.5) is 10.5 Å². The lowest BCUT2D eigenvalue weighted by molar-refractivity contribution is 0.0623. The minimum absolute atomic E-state index is 0.0179. The summed E-state index contributed by atoms with van der Waals surface area (Å²) < 4.78 is 0. The van der Waals surface area contributed by atoms with Crippen LogP contribution in [0.5, 0.6) is 0 Å². The Hall–Kier alpha value is -3.23. The molecule has 196 valence electrons. The molecule has 8 heteroatoms. The first-order valence-electron chi connectivity index (χ1n) is 13.0. The van der Waals surface area contributed by atoms with Crippen LogP contribution in [0.3, 0.4) is 0 Å². The van der Waals surface area contributed by atoms with Gasteiger partial charge in [0.25, 0.3) is 5.91 Å². The number of hydrogen-bond donors (Lipinski definition) is 1. The van der Waals surface area contributed by atoms with Gasteiger partial charge in [0, 0.05) is 49.8 Å². The van der Waals surface area contributed by atoms with Gasteiger partial charge >= 0.3 is 6.03 Å². The average Bonchev–Trinajstić information content (AvgIpc) is 3.37. The molecule has 1 fully saturated rings. The molecule has 3 amide bonds. The summed E-state index contributed by atoms with van der Waals surface area (Å²) in [6.07, 6.45) is 0. The highest BCUT2D eigenvalue weighted by atomic mass is 32.1. The number of rotatable bonds is 8. The summed E-state index contributed by atoms with van der Waals surface area (Å²) in [5, 5.41) is 5.57. The van der Waals surface area contributed by atoms with Crippen molar-refractivity contribution in [3.05, 3.63) is 81.8 Å². The third-order valence-electron chi connectivity index (χ3n) is 6.70. The SMILES string of the molecule is CC(C)c1ccc(NC(=O)N(Cc2nc(C(=O)N3CCN(Cc4ccccc4)CC3)cs2)C(C)C)cc1. The van der Waals surface area contributed by atoms with Crippen molar-refractivity contribution in [1.29, 1.82) is 0 Å². The van der Waals surface area contributed by atoms with Crippen LogP contribution in [0.2, 0.25) is 0 Å². The Labute approximate surface area is 224 Å². The Morgan fingerprint density at radius 3 is 2.27 bits per heavy atom. The Kier molecular flexibility index (Phi) is 8.95. The molecule has 4 rings (SSSR count). The Balaban J connectivity index is 1.32. The number of carbonyl (C=O) groups is 2. The van der Waals surface area contributed by atoms with E-state index >= 15 is 0 Å². The highest BCUT2D eigenvalue weighted by Gasteiger charge is 2.25. The van der Waals surface area contributed by atoms with E-state index in [1.807, 2.05) is 54.5 Å². The highest BCUT2D eigenvalue weighted by molar-refractivity contribution is 7.09. The summed E-state index contributed by atoms with van der Waals surface area (Å²) in [5.41, 5.74) is 3.75. The van der Waals surface area contributed by atoms with Crippen LogP contribution >= 0.6 is 11.3 Å². The predicted molar refractivity (Wildman–Crippen MR) is 150 cm³/mol. The molecule has 0 saturated carbocycles. The minimum Gasteiger partial charge on any atom is -0.335 e. The molecule has 0 unspecified atom stereocenters. The second-order valence-electron chi connectivity index (χ2n) is 10.1. The molecule has 1 saturated heterocycles. The van der Waals surface area contributed by atoms with Crippen LogP contribution in [0.1, 0.15) is 60.2 Å². The van der Waals surface area contributed by atoms with E-state index in [-0.39, 0.29) is 18.0 Å². The zero-order chi connectivity index (χ0) is 26.4. The summed E-state index contributed by atoms with van der Waals surface area (Å²) in [7, 11) is 0. The molecule has 0 atom stereocenters. The van der Waals surface area contributed by atoms with Crippen molar-refractivity contribution in [2.24, 2.45) is 0 Å². The number of anilines is 1. The van der Waals surface area contributed by atoms with E-state index in [1.165, 1.54) is 22.5 Å². The fraction of sp³-hybridized carbons (Fsp3) is 0.414. The van der Waals surface area contributed by atoms with Crippen molar-refractivity contribution in [2.45, 2.75) is 52.7 Å². The van der Waals surface area contributed by atoms with E-state index in [1.54, 1.807) is 4.90 Å². The third kappa shape index (κ3) is 7.17. The van der Waals surface area contributed by atoms with Gasteiger partial charge in [0.15, 0.2) is 0 Å².